The quantitative estimate of drug-likeness (QED) is 0.889. The number of hydrogen-bond acceptors (Lipinski definition) is 3. The monoisotopic (exact) mass is 326 g/mol. The third-order valence-corrected chi connectivity index (χ3v) is 3.85. The van der Waals surface area contributed by atoms with Crippen LogP contribution >= 0.6 is 15.9 Å². The fourth-order valence-corrected chi connectivity index (χ4v) is 2.54. The standard InChI is InChI=1S/C14H19BrN2O2/c1-14(2,8-16)13(18)17-7-10-6-11(15)5-9-3-4-19-12(9)10/h5-6H,3-4,7-8,16H2,1-2H3,(H,17,18). The zero-order valence-corrected chi connectivity index (χ0v) is 12.8. The lowest BCUT2D eigenvalue weighted by Crippen LogP contribution is -2.41. The van der Waals surface area contributed by atoms with Crippen molar-refractivity contribution in [3.63, 3.8) is 0 Å². The predicted octanol–water partition coefficient (Wildman–Crippen LogP) is 1.99. The maximum absolute atomic E-state index is 12.0. The van der Waals surface area contributed by atoms with Crippen molar-refractivity contribution in [1.82, 2.24) is 5.32 Å². The Kier molecular flexibility index (Phi) is 4.16. The first-order valence-corrected chi connectivity index (χ1v) is 7.16. The second-order valence-electron chi connectivity index (χ2n) is 5.42. The minimum atomic E-state index is -0.546. The number of hydrogen-bond donors (Lipinski definition) is 2. The second-order valence-corrected chi connectivity index (χ2v) is 6.34. The van der Waals surface area contributed by atoms with Crippen LogP contribution in [0.3, 0.4) is 0 Å². The molecule has 1 amide bonds. The first kappa shape index (κ1) is 14.3. The summed E-state index contributed by atoms with van der Waals surface area (Å²) in [5.74, 6) is 0.871. The number of carbonyl (C=O) groups is 1. The molecule has 4 nitrogen and oxygen atoms in total. The van der Waals surface area contributed by atoms with Crippen molar-refractivity contribution < 1.29 is 9.53 Å². The van der Waals surface area contributed by atoms with E-state index < -0.39 is 5.41 Å². The molecule has 104 valence electrons. The van der Waals surface area contributed by atoms with Crippen molar-refractivity contribution >= 4 is 21.8 Å². The Morgan fingerprint density at radius 1 is 1.53 bits per heavy atom. The molecule has 0 aromatic heterocycles. The highest BCUT2D eigenvalue weighted by molar-refractivity contribution is 9.10. The molecular weight excluding hydrogens is 308 g/mol. The van der Waals surface area contributed by atoms with E-state index in [2.05, 4.69) is 27.3 Å². The van der Waals surface area contributed by atoms with Gasteiger partial charge in [0.05, 0.1) is 12.0 Å². The number of benzene rings is 1. The van der Waals surface area contributed by atoms with Crippen LogP contribution in [0.15, 0.2) is 16.6 Å². The summed E-state index contributed by atoms with van der Waals surface area (Å²) in [5.41, 5.74) is 7.25. The topological polar surface area (TPSA) is 64.4 Å². The Bertz CT molecular complexity index is 500. The maximum atomic E-state index is 12.0. The Morgan fingerprint density at radius 3 is 2.95 bits per heavy atom. The molecule has 0 unspecified atom stereocenters. The van der Waals surface area contributed by atoms with E-state index in [-0.39, 0.29) is 5.91 Å². The Balaban J connectivity index is 2.11. The molecule has 0 radical (unpaired) electrons. The molecule has 0 spiro atoms. The first-order valence-electron chi connectivity index (χ1n) is 6.36. The number of halogens is 1. The van der Waals surface area contributed by atoms with E-state index in [1.54, 1.807) is 0 Å². The highest BCUT2D eigenvalue weighted by Gasteiger charge is 2.26. The molecule has 1 aliphatic rings. The summed E-state index contributed by atoms with van der Waals surface area (Å²) in [6.07, 6.45) is 0.921. The van der Waals surface area contributed by atoms with Crippen molar-refractivity contribution in [2.45, 2.75) is 26.8 Å². The van der Waals surface area contributed by atoms with Gasteiger partial charge in [-0.05, 0) is 31.5 Å². The normalized spacial score (nSPS) is 13.9. The van der Waals surface area contributed by atoms with E-state index in [1.165, 1.54) is 5.56 Å². The molecule has 0 fully saturated rings. The molecule has 1 aromatic carbocycles. The van der Waals surface area contributed by atoms with E-state index >= 15 is 0 Å². The Hall–Kier alpha value is -1.07. The van der Waals surface area contributed by atoms with Crippen LogP contribution in [0.25, 0.3) is 0 Å². The largest absolute Gasteiger partial charge is 0.493 e. The minimum absolute atomic E-state index is 0.0401. The molecule has 0 bridgehead atoms. The second kappa shape index (κ2) is 5.51. The van der Waals surface area contributed by atoms with Crippen molar-refractivity contribution in [2.75, 3.05) is 13.2 Å². The zero-order chi connectivity index (χ0) is 14.0. The van der Waals surface area contributed by atoms with Crippen LogP contribution in [0.5, 0.6) is 5.75 Å². The van der Waals surface area contributed by atoms with E-state index in [0.29, 0.717) is 19.7 Å². The number of ether oxygens (including phenoxy) is 1. The van der Waals surface area contributed by atoms with Gasteiger partial charge in [-0.15, -0.1) is 0 Å². The minimum Gasteiger partial charge on any atom is -0.493 e. The SMILES string of the molecule is CC(C)(CN)C(=O)NCc1cc(Br)cc2c1OCC2. The number of fused-ring (bicyclic) bond motifs is 1. The lowest BCUT2D eigenvalue weighted by Gasteiger charge is -2.21. The summed E-state index contributed by atoms with van der Waals surface area (Å²) in [6, 6.07) is 4.05. The average molecular weight is 327 g/mol. The van der Waals surface area contributed by atoms with Gasteiger partial charge in [0.15, 0.2) is 0 Å². The highest BCUT2D eigenvalue weighted by atomic mass is 79.9. The summed E-state index contributed by atoms with van der Waals surface area (Å²) in [4.78, 5) is 12.0. The molecule has 0 saturated heterocycles. The number of carbonyl (C=O) groups excluding carboxylic acids is 1. The van der Waals surface area contributed by atoms with Gasteiger partial charge in [0.1, 0.15) is 5.75 Å². The molecule has 19 heavy (non-hydrogen) atoms. The Morgan fingerprint density at radius 2 is 2.26 bits per heavy atom. The van der Waals surface area contributed by atoms with Crippen LogP contribution in [0, 0.1) is 5.41 Å². The number of rotatable bonds is 4. The zero-order valence-electron chi connectivity index (χ0n) is 11.3. The summed E-state index contributed by atoms with van der Waals surface area (Å²) in [6.45, 7) is 5.17. The van der Waals surface area contributed by atoms with Gasteiger partial charge in [-0.2, -0.15) is 0 Å². The summed E-state index contributed by atoms with van der Waals surface area (Å²) >= 11 is 3.49. The van der Waals surface area contributed by atoms with Crippen LogP contribution in [-0.2, 0) is 17.8 Å². The van der Waals surface area contributed by atoms with Gasteiger partial charge in [0.25, 0.3) is 0 Å². The Labute approximate surface area is 121 Å². The molecule has 0 saturated carbocycles. The third-order valence-electron chi connectivity index (χ3n) is 3.39. The van der Waals surface area contributed by atoms with Gasteiger partial charge >= 0.3 is 0 Å². The van der Waals surface area contributed by atoms with Crippen LogP contribution in [0.1, 0.15) is 25.0 Å². The van der Waals surface area contributed by atoms with Gasteiger partial charge in [0, 0.05) is 29.5 Å². The molecule has 1 aromatic rings. The third kappa shape index (κ3) is 3.09. The van der Waals surface area contributed by atoms with Gasteiger partial charge in [-0.25, -0.2) is 0 Å². The van der Waals surface area contributed by atoms with Gasteiger partial charge in [-0.3, -0.25) is 4.79 Å². The number of nitrogens with two attached hydrogens (primary N) is 1. The maximum Gasteiger partial charge on any atom is 0.227 e. The van der Waals surface area contributed by atoms with Crippen LogP contribution < -0.4 is 15.8 Å². The smallest absolute Gasteiger partial charge is 0.227 e. The molecule has 3 N–H and O–H groups in total. The van der Waals surface area contributed by atoms with Crippen molar-refractivity contribution in [2.24, 2.45) is 11.1 Å². The van der Waals surface area contributed by atoms with E-state index in [1.807, 2.05) is 19.9 Å². The lowest BCUT2D eigenvalue weighted by molar-refractivity contribution is -0.129. The molecule has 0 aliphatic carbocycles. The van der Waals surface area contributed by atoms with Crippen LogP contribution in [-0.4, -0.2) is 19.1 Å². The fourth-order valence-electron chi connectivity index (χ4n) is 1.98. The van der Waals surface area contributed by atoms with E-state index in [4.69, 9.17) is 10.5 Å². The summed E-state index contributed by atoms with van der Waals surface area (Å²) in [7, 11) is 0. The molecule has 5 heteroatoms. The predicted molar refractivity (Wildman–Crippen MR) is 78.0 cm³/mol. The van der Waals surface area contributed by atoms with Crippen LogP contribution in [0.4, 0.5) is 0 Å². The first-order chi connectivity index (χ1) is 8.94. The van der Waals surface area contributed by atoms with E-state index in [0.717, 1.165) is 22.2 Å². The van der Waals surface area contributed by atoms with Gasteiger partial charge in [0.2, 0.25) is 5.91 Å². The van der Waals surface area contributed by atoms with Crippen LogP contribution in [0.2, 0.25) is 0 Å². The van der Waals surface area contributed by atoms with Crippen molar-refractivity contribution in [3.8, 4) is 5.75 Å². The van der Waals surface area contributed by atoms with Gasteiger partial charge < -0.3 is 15.8 Å². The number of nitrogens with one attached hydrogen (secondary N) is 1. The molecule has 1 heterocycles. The average Bonchev–Trinajstić information content (AvgIpc) is 2.83. The lowest BCUT2D eigenvalue weighted by atomic mass is 9.92. The van der Waals surface area contributed by atoms with Crippen molar-refractivity contribution in [3.05, 3.63) is 27.7 Å². The summed E-state index contributed by atoms with van der Waals surface area (Å²) in [5, 5.41) is 2.93. The van der Waals surface area contributed by atoms with E-state index in [9.17, 15) is 4.79 Å². The molecule has 1 aliphatic heterocycles. The summed E-state index contributed by atoms with van der Waals surface area (Å²) < 4.78 is 6.65. The molecular formula is C14H19BrN2O2. The highest BCUT2D eigenvalue weighted by Crippen LogP contribution is 2.33. The number of amides is 1. The fraction of sp³-hybridized carbons (Fsp3) is 0.500. The van der Waals surface area contributed by atoms with Crippen molar-refractivity contribution in [1.29, 1.82) is 0 Å². The molecule has 2 rings (SSSR count). The molecule has 0 atom stereocenters. The van der Waals surface area contributed by atoms with Gasteiger partial charge in [-0.1, -0.05) is 15.9 Å².